The first-order valence-electron chi connectivity index (χ1n) is 3.44. The van der Waals surface area contributed by atoms with Gasteiger partial charge in [-0.1, -0.05) is 54.3 Å². The van der Waals surface area contributed by atoms with Gasteiger partial charge in [0.25, 0.3) is 0 Å². The van der Waals surface area contributed by atoms with Crippen LogP contribution in [0.25, 0.3) is 0 Å². The lowest BCUT2D eigenvalue weighted by atomic mass is 10.5. The van der Waals surface area contributed by atoms with Gasteiger partial charge in [0.15, 0.2) is 0 Å². The molecule has 0 amide bonds. The van der Waals surface area contributed by atoms with Gasteiger partial charge in [0.2, 0.25) is 0 Å². The van der Waals surface area contributed by atoms with E-state index in [0.29, 0.717) is 0 Å². The molecule has 0 saturated heterocycles. The summed E-state index contributed by atoms with van der Waals surface area (Å²) in [4.78, 5) is 0. The zero-order chi connectivity index (χ0) is 8.20. The van der Waals surface area contributed by atoms with Crippen LogP contribution in [0, 0.1) is 0 Å². The zero-order valence-electron chi connectivity index (χ0n) is 6.95. The smallest absolute Gasteiger partial charge is 0.0480 e. The van der Waals surface area contributed by atoms with Gasteiger partial charge in [0.05, 0.1) is 0 Å². The Labute approximate surface area is 73.2 Å². The molecule has 0 aliphatic carbocycles. The molecule has 0 nitrogen and oxygen atoms in total. The summed E-state index contributed by atoms with van der Waals surface area (Å²) in [6.45, 7) is 10.7. The van der Waals surface area contributed by atoms with Crippen molar-refractivity contribution in [3.8, 4) is 0 Å². The van der Waals surface area contributed by atoms with Gasteiger partial charge in [-0.05, 0) is 6.04 Å². The second-order valence-corrected chi connectivity index (χ2v) is 10.0. The predicted molar refractivity (Wildman–Crippen MR) is 55.4 cm³/mol. The van der Waals surface area contributed by atoms with Gasteiger partial charge in [0, 0.05) is 12.6 Å². The molecule has 0 spiro atoms. The Kier molecular flexibility index (Phi) is 4.21. The van der Waals surface area contributed by atoms with Gasteiger partial charge in [-0.2, -0.15) is 0 Å². The second kappa shape index (κ2) is 4.14. The highest BCUT2D eigenvalue weighted by atomic mass is 79.9. The Balaban J connectivity index is 3.84. The van der Waals surface area contributed by atoms with E-state index < -0.39 is 8.07 Å². The summed E-state index contributed by atoms with van der Waals surface area (Å²) in [5.41, 5.74) is 0. The van der Waals surface area contributed by atoms with E-state index in [1.165, 1.54) is 6.04 Å². The highest BCUT2D eigenvalue weighted by Gasteiger charge is 2.09. The first-order chi connectivity index (χ1) is 4.45. The Morgan fingerprint density at radius 1 is 1.50 bits per heavy atom. The lowest BCUT2D eigenvalue weighted by Crippen LogP contribution is -2.17. The third-order valence-corrected chi connectivity index (χ3v) is 3.18. The molecule has 0 unspecified atom stereocenters. The zero-order valence-corrected chi connectivity index (χ0v) is 9.53. The van der Waals surface area contributed by atoms with Crippen LogP contribution in [0.4, 0.5) is 0 Å². The van der Waals surface area contributed by atoms with Crippen molar-refractivity contribution in [1.29, 1.82) is 0 Å². The van der Waals surface area contributed by atoms with Gasteiger partial charge in [-0.25, -0.2) is 0 Å². The average Bonchev–Trinajstić information content (AvgIpc) is 1.81. The fourth-order valence-electron chi connectivity index (χ4n) is 0.487. The van der Waals surface area contributed by atoms with E-state index >= 15 is 0 Å². The van der Waals surface area contributed by atoms with Crippen LogP contribution in [0.1, 0.15) is 0 Å². The molecule has 0 aliphatic rings. The minimum Gasteiger partial charge on any atom is -0.0980 e. The summed E-state index contributed by atoms with van der Waals surface area (Å²) in [5.74, 6) is 0. The SMILES string of the molecule is C=C/C(Br)=C/C[Si](C)(C)C. The highest BCUT2D eigenvalue weighted by Crippen LogP contribution is 2.14. The predicted octanol–water partition coefficient (Wildman–Crippen LogP) is 3.79. The van der Waals surface area contributed by atoms with E-state index in [2.05, 4.69) is 48.2 Å². The quantitative estimate of drug-likeness (QED) is 0.500. The lowest BCUT2D eigenvalue weighted by molar-refractivity contribution is 1.50. The van der Waals surface area contributed by atoms with Crippen molar-refractivity contribution in [1.82, 2.24) is 0 Å². The van der Waals surface area contributed by atoms with E-state index in [0.717, 1.165) is 4.48 Å². The molecule has 0 fully saturated rings. The van der Waals surface area contributed by atoms with Crippen molar-refractivity contribution < 1.29 is 0 Å². The molecule has 0 aromatic carbocycles. The molecule has 0 rings (SSSR count). The van der Waals surface area contributed by atoms with Crippen LogP contribution in [-0.2, 0) is 0 Å². The molecule has 0 saturated carbocycles. The van der Waals surface area contributed by atoms with Crippen LogP contribution in [0.3, 0.4) is 0 Å². The standard InChI is InChI=1S/C8H15BrSi/c1-5-8(9)6-7-10(2,3)4/h5-6H,1,7H2,2-4H3/b8-6-. The van der Waals surface area contributed by atoms with Gasteiger partial charge < -0.3 is 0 Å². The fraction of sp³-hybridized carbons (Fsp3) is 0.500. The first kappa shape index (κ1) is 10.2. The van der Waals surface area contributed by atoms with Crippen molar-refractivity contribution in [2.24, 2.45) is 0 Å². The summed E-state index contributed by atoms with van der Waals surface area (Å²) in [5, 5.41) is 0. The Morgan fingerprint density at radius 2 is 2.00 bits per heavy atom. The van der Waals surface area contributed by atoms with Gasteiger partial charge >= 0.3 is 0 Å². The molecule has 0 aliphatic heterocycles. The van der Waals surface area contributed by atoms with Gasteiger partial charge in [-0.3, -0.25) is 0 Å². The maximum absolute atomic E-state index is 3.66. The minimum absolute atomic E-state index is 0.890. The summed E-state index contributed by atoms with van der Waals surface area (Å²) in [6, 6.07) is 1.22. The maximum Gasteiger partial charge on any atom is 0.0480 e. The molecule has 0 N–H and O–H groups in total. The molecule has 0 heterocycles. The largest absolute Gasteiger partial charge is 0.0980 e. The van der Waals surface area contributed by atoms with E-state index in [1.807, 2.05) is 6.08 Å². The Bertz CT molecular complexity index is 142. The van der Waals surface area contributed by atoms with E-state index in [1.54, 1.807) is 0 Å². The van der Waals surface area contributed by atoms with Crippen molar-refractivity contribution in [3.63, 3.8) is 0 Å². The molecular weight excluding hydrogens is 204 g/mol. The van der Waals surface area contributed by atoms with E-state index in [4.69, 9.17) is 0 Å². The fourth-order valence-corrected chi connectivity index (χ4v) is 1.78. The number of halogens is 1. The van der Waals surface area contributed by atoms with Crippen LogP contribution in [0.5, 0.6) is 0 Å². The second-order valence-electron chi connectivity index (χ2n) is 3.56. The average molecular weight is 219 g/mol. The molecular formula is C8H15BrSi. The molecule has 2 heteroatoms. The van der Waals surface area contributed by atoms with Crippen molar-refractivity contribution in [2.45, 2.75) is 25.7 Å². The van der Waals surface area contributed by atoms with Crippen LogP contribution in [0.15, 0.2) is 23.2 Å². The maximum atomic E-state index is 3.66. The topological polar surface area (TPSA) is 0 Å². The van der Waals surface area contributed by atoms with Crippen LogP contribution < -0.4 is 0 Å². The normalized spacial score (nSPS) is 13.4. The molecule has 0 bridgehead atoms. The van der Waals surface area contributed by atoms with Crippen LogP contribution in [0.2, 0.25) is 25.7 Å². The third kappa shape index (κ3) is 6.30. The minimum atomic E-state index is -0.890. The van der Waals surface area contributed by atoms with Crippen molar-refractivity contribution in [3.05, 3.63) is 23.2 Å². The van der Waals surface area contributed by atoms with E-state index in [9.17, 15) is 0 Å². The molecule has 58 valence electrons. The third-order valence-electron chi connectivity index (χ3n) is 1.10. The highest BCUT2D eigenvalue weighted by molar-refractivity contribution is 9.11. The lowest BCUT2D eigenvalue weighted by Gasteiger charge is -2.11. The van der Waals surface area contributed by atoms with Gasteiger partial charge in [0.1, 0.15) is 0 Å². The summed E-state index contributed by atoms with van der Waals surface area (Å²) in [6.07, 6.45) is 4.04. The van der Waals surface area contributed by atoms with E-state index in [-0.39, 0.29) is 0 Å². The first-order valence-corrected chi connectivity index (χ1v) is 7.94. The summed E-state index contributed by atoms with van der Waals surface area (Å²) in [7, 11) is -0.890. The molecule has 0 aromatic heterocycles. The molecule has 0 aromatic rings. The summed E-state index contributed by atoms with van der Waals surface area (Å²) >= 11 is 3.39. The molecule has 10 heavy (non-hydrogen) atoms. The van der Waals surface area contributed by atoms with Crippen molar-refractivity contribution in [2.75, 3.05) is 0 Å². The molecule has 0 radical (unpaired) electrons. The van der Waals surface area contributed by atoms with Crippen molar-refractivity contribution >= 4 is 24.0 Å². The van der Waals surface area contributed by atoms with Crippen LogP contribution >= 0.6 is 15.9 Å². The Hall–Kier alpha value is 0.177. The number of rotatable bonds is 3. The molecule has 0 atom stereocenters. The van der Waals surface area contributed by atoms with Gasteiger partial charge in [-0.15, -0.1) is 0 Å². The number of allylic oxidation sites excluding steroid dienone is 3. The number of hydrogen-bond donors (Lipinski definition) is 0. The Morgan fingerprint density at radius 3 is 2.30 bits per heavy atom. The summed E-state index contributed by atoms with van der Waals surface area (Å²) < 4.78 is 1.12. The van der Waals surface area contributed by atoms with Crippen LogP contribution in [-0.4, -0.2) is 8.07 Å². The monoisotopic (exact) mass is 218 g/mol. The number of hydrogen-bond acceptors (Lipinski definition) is 0.